The molecular formula is C12H10Cl2N2. The number of rotatable bonds is 1. The monoisotopic (exact) mass is 252 g/mol. The second kappa shape index (κ2) is 4.24. The van der Waals surface area contributed by atoms with E-state index in [0.29, 0.717) is 21.4 Å². The molecule has 2 rings (SSSR count). The molecule has 0 bridgehead atoms. The summed E-state index contributed by atoms with van der Waals surface area (Å²) in [5, 5.41) is 0.932. The highest BCUT2D eigenvalue weighted by atomic mass is 35.5. The van der Waals surface area contributed by atoms with E-state index in [1.807, 2.05) is 30.3 Å². The molecule has 0 amide bonds. The van der Waals surface area contributed by atoms with Crippen LogP contribution in [-0.2, 0) is 0 Å². The number of nitrogen functional groups attached to an aromatic ring is 2. The normalized spacial score (nSPS) is 10.4. The van der Waals surface area contributed by atoms with E-state index in [0.717, 1.165) is 11.1 Å². The maximum absolute atomic E-state index is 6.13. The predicted octanol–water partition coefficient (Wildman–Crippen LogP) is 3.82. The SMILES string of the molecule is Nc1ccc(-c2ccc(Cl)c(N)c2Cl)cc1. The van der Waals surface area contributed by atoms with Crippen molar-refractivity contribution in [3.63, 3.8) is 0 Å². The molecule has 0 unspecified atom stereocenters. The number of hydrogen-bond acceptors (Lipinski definition) is 2. The lowest BCUT2D eigenvalue weighted by molar-refractivity contribution is 1.60. The van der Waals surface area contributed by atoms with Crippen molar-refractivity contribution >= 4 is 34.6 Å². The second-order valence-corrected chi connectivity index (χ2v) is 4.23. The topological polar surface area (TPSA) is 52.0 Å². The molecular weight excluding hydrogens is 243 g/mol. The van der Waals surface area contributed by atoms with Gasteiger partial charge in [-0.3, -0.25) is 0 Å². The molecule has 0 saturated heterocycles. The van der Waals surface area contributed by atoms with E-state index in [1.54, 1.807) is 6.07 Å². The third-order valence-corrected chi connectivity index (χ3v) is 3.09. The van der Waals surface area contributed by atoms with E-state index in [-0.39, 0.29) is 0 Å². The van der Waals surface area contributed by atoms with Gasteiger partial charge >= 0.3 is 0 Å². The molecule has 16 heavy (non-hydrogen) atoms. The van der Waals surface area contributed by atoms with Crippen LogP contribution >= 0.6 is 23.2 Å². The van der Waals surface area contributed by atoms with Gasteiger partial charge in [0, 0.05) is 11.3 Å². The Bertz CT molecular complexity index is 521. The second-order valence-electron chi connectivity index (χ2n) is 3.44. The summed E-state index contributed by atoms with van der Waals surface area (Å²) in [5.74, 6) is 0. The number of halogens is 2. The molecule has 4 heteroatoms. The van der Waals surface area contributed by atoms with Crippen LogP contribution in [-0.4, -0.2) is 0 Å². The molecule has 0 atom stereocenters. The van der Waals surface area contributed by atoms with Gasteiger partial charge in [0.2, 0.25) is 0 Å². The van der Waals surface area contributed by atoms with Gasteiger partial charge in [-0.05, 0) is 23.8 Å². The Balaban J connectivity index is 2.57. The first-order chi connectivity index (χ1) is 7.59. The Hall–Kier alpha value is -1.38. The van der Waals surface area contributed by atoms with Gasteiger partial charge < -0.3 is 11.5 Å². The first-order valence-electron chi connectivity index (χ1n) is 4.69. The summed E-state index contributed by atoms with van der Waals surface area (Å²) in [6, 6.07) is 11.0. The van der Waals surface area contributed by atoms with E-state index in [2.05, 4.69) is 0 Å². The van der Waals surface area contributed by atoms with Gasteiger partial charge in [0.25, 0.3) is 0 Å². The van der Waals surface area contributed by atoms with Crippen LogP contribution in [0, 0.1) is 0 Å². The van der Waals surface area contributed by atoms with E-state index < -0.39 is 0 Å². The van der Waals surface area contributed by atoms with Gasteiger partial charge in [-0.25, -0.2) is 0 Å². The van der Waals surface area contributed by atoms with Crippen LogP contribution in [0.2, 0.25) is 10.0 Å². The van der Waals surface area contributed by atoms with E-state index in [1.165, 1.54) is 0 Å². The molecule has 2 aromatic carbocycles. The van der Waals surface area contributed by atoms with Crippen molar-refractivity contribution in [1.82, 2.24) is 0 Å². The Labute approximate surface area is 104 Å². The minimum absolute atomic E-state index is 0.401. The Morgan fingerprint density at radius 2 is 1.44 bits per heavy atom. The molecule has 0 aliphatic heterocycles. The maximum Gasteiger partial charge on any atom is 0.0729 e. The van der Waals surface area contributed by atoms with Gasteiger partial charge in [-0.15, -0.1) is 0 Å². The van der Waals surface area contributed by atoms with Gasteiger partial charge in [0.1, 0.15) is 0 Å². The van der Waals surface area contributed by atoms with Crippen molar-refractivity contribution in [1.29, 1.82) is 0 Å². The predicted molar refractivity (Wildman–Crippen MR) is 70.7 cm³/mol. The standard InChI is InChI=1S/C12H10Cl2N2/c13-10-6-5-9(11(14)12(10)16)7-1-3-8(15)4-2-7/h1-6H,15-16H2. The lowest BCUT2D eigenvalue weighted by Crippen LogP contribution is -1.91. The number of anilines is 2. The van der Waals surface area contributed by atoms with Crippen molar-refractivity contribution in [3.05, 3.63) is 46.4 Å². The zero-order chi connectivity index (χ0) is 11.7. The minimum atomic E-state index is 0.401. The number of hydrogen-bond donors (Lipinski definition) is 2. The van der Waals surface area contributed by atoms with Crippen LogP contribution < -0.4 is 11.5 Å². The van der Waals surface area contributed by atoms with E-state index in [4.69, 9.17) is 34.7 Å². The molecule has 0 radical (unpaired) electrons. The van der Waals surface area contributed by atoms with Crippen molar-refractivity contribution in [2.45, 2.75) is 0 Å². The van der Waals surface area contributed by atoms with Crippen LogP contribution in [0.5, 0.6) is 0 Å². The Kier molecular flexibility index (Phi) is 2.95. The van der Waals surface area contributed by atoms with Gasteiger partial charge in [-0.1, -0.05) is 41.4 Å². The zero-order valence-corrected chi connectivity index (χ0v) is 9.89. The van der Waals surface area contributed by atoms with Crippen LogP contribution in [0.4, 0.5) is 11.4 Å². The third-order valence-electron chi connectivity index (χ3n) is 2.35. The van der Waals surface area contributed by atoms with Crippen molar-refractivity contribution in [2.75, 3.05) is 11.5 Å². The van der Waals surface area contributed by atoms with Crippen molar-refractivity contribution in [3.8, 4) is 11.1 Å². The summed E-state index contributed by atoms with van der Waals surface area (Å²) in [5.41, 5.74) is 14.3. The highest BCUT2D eigenvalue weighted by molar-refractivity contribution is 6.40. The van der Waals surface area contributed by atoms with Gasteiger partial charge in [0.05, 0.1) is 15.7 Å². The molecule has 82 valence electrons. The summed E-state index contributed by atoms with van der Waals surface area (Å²) in [6.07, 6.45) is 0. The maximum atomic E-state index is 6.13. The fourth-order valence-corrected chi connectivity index (χ4v) is 1.93. The van der Waals surface area contributed by atoms with Crippen LogP contribution in [0.3, 0.4) is 0 Å². The van der Waals surface area contributed by atoms with Gasteiger partial charge in [0.15, 0.2) is 0 Å². The molecule has 2 aromatic rings. The molecule has 0 saturated carbocycles. The molecule has 0 aromatic heterocycles. The Morgan fingerprint density at radius 1 is 0.812 bits per heavy atom. The number of benzene rings is 2. The molecule has 0 aliphatic carbocycles. The summed E-state index contributed by atoms with van der Waals surface area (Å²) in [7, 11) is 0. The zero-order valence-electron chi connectivity index (χ0n) is 8.37. The summed E-state index contributed by atoms with van der Waals surface area (Å²) >= 11 is 12.0. The molecule has 0 spiro atoms. The molecule has 2 nitrogen and oxygen atoms in total. The Morgan fingerprint density at radius 3 is 2.06 bits per heavy atom. The largest absolute Gasteiger partial charge is 0.399 e. The van der Waals surface area contributed by atoms with Crippen molar-refractivity contribution in [2.24, 2.45) is 0 Å². The molecule has 0 aliphatic rings. The first kappa shape index (κ1) is 11.1. The molecule has 0 fully saturated rings. The summed E-state index contributed by atoms with van der Waals surface area (Å²) in [6.45, 7) is 0. The van der Waals surface area contributed by atoms with Crippen LogP contribution in [0.1, 0.15) is 0 Å². The minimum Gasteiger partial charge on any atom is -0.399 e. The first-order valence-corrected chi connectivity index (χ1v) is 5.44. The lowest BCUT2D eigenvalue weighted by atomic mass is 10.0. The fraction of sp³-hybridized carbons (Fsp3) is 0. The average molecular weight is 253 g/mol. The fourth-order valence-electron chi connectivity index (χ4n) is 1.45. The number of nitrogens with two attached hydrogens (primary N) is 2. The smallest absolute Gasteiger partial charge is 0.0729 e. The third kappa shape index (κ3) is 1.94. The average Bonchev–Trinajstić information content (AvgIpc) is 2.28. The van der Waals surface area contributed by atoms with E-state index >= 15 is 0 Å². The van der Waals surface area contributed by atoms with Crippen molar-refractivity contribution < 1.29 is 0 Å². The molecule has 0 heterocycles. The van der Waals surface area contributed by atoms with Gasteiger partial charge in [-0.2, -0.15) is 0 Å². The highest BCUT2D eigenvalue weighted by Crippen LogP contribution is 2.36. The highest BCUT2D eigenvalue weighted by Gasteiger charge is 2.09. The summed E-state index contributed by atoms with van der Waals surface area (Å²) < 4.78 is 0. The van der Waals surface area contributed by atoms with Crippen LogP contribution in [0.15, 0.2) is 36.4 Å². The van der Waals surface area contributed by atoms with E-state index in [9.17, 15) is 0 Å². The van der Waals surface area contributed by atoms with Crippen LogP contribution in [0.25, 0.3) is 11.1 Å². The summed E-state index contributed by atoms with van der Waals surface area (Å²) in [4.78, 5) is 0. The quantitative estimate of drug-likeness (QED) is 0.759. The lowest BCUT2D eigenvalue weighted by Gasteiger charge is -2.08. The molecule has 4 N–H and O–H groups in total.